The Balaban J connectivity index is 1.23. The van der Waals surface area contributed by atoms with E-state index in [1.54, 1.807) is 31.4 Å². The quantitative estimate of drug-likeness (QED) is 0.102. The van der Waals surface area contributed by atoms with Gasteiger partial charge in [-0.05, 0) is 70.2 Å². The third kappa shape index (κ3) is 8.77. The number of benzene rings is 5. The Morgan fingerprint density at radius 1 is 0.689 bits per heavy atom. The van der Waals surface area contributed by atoms with Crippen LogP contribution in [0, 0.1) is 0 Å². The summed E-state index contributed by atoms with van der Waals surface area (Å²) in [7, 11) is -4.56. The molecule has 0 radical (unpaired) electrons. The Kier molecular flexibility index (Phi) is 12.8. The molecular formula is C49H56O10SSi. The summed E-state index contributed by atoms with van der Waals surface area (Å²) >= 11 is 0. The molecule has 322 valence electrons. The Hall–Kier alpha value is -4.53. The van der Waals surface area contributed by atoms with Crippen LogP contribution >= 0.6 is 0 Å². The first-order chi connectivity index (χ1) is 29.5. The highest BCUT2D eigenvalue weighted by atomic mass is 32.2. The van der Waals surface area contributed by atoms with Gasteiger partial charge in [0, 0.05) is 12.8 Å². The lowest BCUT2D eigenvalue weighted by Gasteiger charge is -2.55. The summed E-state index contributed by atoms with van der Waals surface area (Å²) in [4.78, 5) is 0.0190. The number of ether oxygens (including phenoxy) is 7. The van der Waals surface area contributed by atoms with Gasteiger partial charge in [0.05, 0.1) is 33.0 Å². The van der Waals surface area contributed by atoms with Gasteiger partial charge in [0.25, 0.3) is 8.32 Å². The van der Waals surface area contributed by atoms with Crippen molar-refractivity contribution < 1.29 is 46.0 Å². The molecule has 0 amide bonds. The van der Waals surface area contributed by atoms with Gasteiger partial charge < -0.3 is 37.6 Å². The predicted octanol–water partition coefficient (Wildman–Crippen LogP) is 7.87. The van der Waals surface area contributed by atoms with Gasteiger partial charge in [-0.3, -0.25) is 0 Å². The lowest BCUT2D eigenvalue weighted by atomic mass is 9.90. The minimum atomic E-state index is -4.28. The Morgan fingerprint density at radius 3 is 1.90 bits per heavy atom. The van der Waals surface area contributed by atoms with E-state index < -0.39 is 58.8 Å². The van der Waals surface area contributed by atoms with Crippen LogP contribution in [0.15, 0.2) is 144 Å². The molecule has 3 saturated heterocycles. The maximum atomic E-state index is 15.2. The van der Waals surface area contributed by atoms with Gasteiger partial charge in [-0.15, -0.1) is 0 Å². The van der Waals surface area contributed by atoms with Crippen molar-refractivity contribution in [2.75, 3.05) is 20.8 Å². The van der Waals surface area contributed by atoms with Crippen LogP contribution in [-0.4, -0.2) is 79.3 Å². The van der Waals surface area contributed by atoms with Crippen LogP contribution in [0.5, 0.6) is 17.2 Å². The second-order valence-electron chi connectivity index (χ2n) is 17.0. The van der Waals surface area contributed by atoms with Crippen molar-refractivity contribution in [2.24, 2.45) is 0 Å². The Bertz CT molecular complexity index is 2270. The lowest BCUT2D eigenvalue weighted by Crippen LogP contribution is -2.73. The van der Waals surface area contributed by atoms with E-state index in [-0.39, 0.29) is 23.4 Å². The van der Waals surface area contributed by atoms with E-state index in [9.17, 15) is 0 Å². The van der Waals surface area contributed by atoms with Crippen molar-refractivity contribution >= 4 is 28.5 Å². The first-order valence-electron chi connectivity index (χ1n) is 21.1. The fourth-order valence-electron chi connectivity index (χ4n) is 9.17. The normalized spacial score (nSPS) is 25.5. The summed E-state index contributed by atoms with van der Waals surface area (Å²) in [6, 6.07) is 44.5. The molecule has 1 spiro atoms. The average molecular weight is 865 g/mol. The minimum absolute atomic E-state index is 0.0190. The summed E-state index contributed by atoms with van der Waals surface area (Å²) in [5.41, 5.74) is -0.591. The number of hydrogen-bond donors (Lipinski definition) is 0. The number of rotatable bonds is 14. The highest BCUT2D eigenvalue weighted by Crippen LogP contribution is 2.49. The van der Waals surface area contributed by atoms with Crippen LogP contribution in [0.2, 0.25) is 5.04 Å². The molecule has 61 heavy (non-hydrogen) atoms. The van der Waals surface area contributed by atoms with Crippen molar-refractivity contribution in [3.63, 3.8) is 0 Å². The molecule has 0 N–H and O–H groups in total. The number of hydrogen-bond acceptors (Lipinski definition) is 10. The number of fused-ring (bicyclic) bond motifs is 1. The van der Waals surface area contributed by atoms with Crippen LogP contribution in [0.1, 0.15) is 52.0 Å². The van der Waals surface area contributed by atoms with E-state index in [4.69, 9.17) is 37.6 Å². The molecule has 3 aliphatic rings. The van der Waals surface area contributed by atoms with Crippen LogP contribution in [0.25, 0.3) is 0 Å². The molecule has 0 aromatic heterocycles. The number of para-hydroxylation sites is 1. The smallest absolute Gasteiger partial charge is 0.261 e. The molecule has 7 atom stereocenters. The van der Waals surface area contributed by atoms with Gasteiger partial charge in [-0.2, -0.15) is 0 Å². The van der Waals surface area contributed by atoms with Gasteiger partial charge in [0.15, 0.2) is 11.2 Å². The highest BCUT2D eigenvalue weighted by molar-refractivity contribution is 7.92. The molecule has 5 aromatic carbocycles. The zero-order valence-corrected chi connectivity index (χ0v) is 37.3. The van der Waals surface area contributed by atoms with Crippen molar-refractivity contribution in [2.45, 2.75) is 105 Å². The summed E-state index contributed by atoms with van der Waals surface area (Å²) in [6.07, 6.45) is -1.44. The predicted molar refractivity (Wildman–Crippen MR) is 236 cm³/mol. The van der Waals surface area contributed by atoms with Gasteiger partial charge in [0.2, 0.25) is 9.84 Å². The maximum absolute atomic E-state index is 15.2. The second-order valence-corrected chi connectivity index (χ2v) is 23.3. The van der Waals surface area contributed by atoms with Crippen LogP contribution in [0.4, 0.5) is 0 Å². The monoisotopic (exact) mass is 864 g/mol. The molecule has 3 fully saturated rings. The summed E-state index contributed by atoms with van der Waals surface area (Å²) in [6.45, 7) is 7.06. The third-order valence-electron chi connectivity index (χ3n) is 12.2. The first-order valence-corrected chi connectivity index (χ1v) is 24.5. The maximum Gasteiger partial charge on any atom is 0.261 e. The molecule has 3 aliphatic heterocycles. The van der Waals surface area contributed by atoms with E-state index in [0.29, 0.717) is 32.3 Å². The molecule has 8 rings (SSSR count). The third-order valence-corrected chi connectivity index (χ3v) is 19.1. The van der Waals surface area contributed by atoms with Gasteiger partial charge >= 0.3 is 0 Å². The highest BCUT2D eigenvalue weighted by Gasteiger charge is 2.62. The molecule has 0 bridgehead atoms. The Morgan fingerprint density at radius 2 is 1.28 bits per heavy atom. The van der Waals surface area contributed by atoms with Crippen molar-refractivity contribution in [3.8, 4) is 17.2 Å². The lowest BCUT2D eigenvalue weighted by molar-refractivity contribution is -0.335. The molecular weight excluding hydrogens is 809 g/mol. The molecule has 0 aliphatic carbocycles. The average Bonchev–Trinajstić information content (AvgIpc) is 3.68. The molecule has 12 heteroatoms. The van der Waals surface area contributed by atoms with E-state index in [1.165, 1.54) is 7.11 Å². The van der Waals surface area contributed by atoms with Crippen molar-refractivity contribution in [3.05, 3.63) is 145 Å². The zero-order chi connectivity index (χ0) is 42.7. The summed E-state index contributed by atoms with van der Waals surface area (Å²) < 4.78 is 83.4. The van der Waals surface area contributed by atoms with E-state index in [0.717, 1.165) is 27.4 Å². The van der Waals surface area contributed by atoms with Gasteiger partial charge in [0.1, 0.15) is 47.1 Å². The minimum Gasteiger partial charge on any atom is -0.497 e. The van der Waals surface area contributed by atoms with E-state index in [2.05, 4.69) is 45.0 Å². The van der Waals surface area contributed by atoms with Crippen molar-refractivity contribution in [1.29, 1.82) is 0 Å². The molecule has 5 aromatic rings. The van der Waals surface area contributed by atoms with Crippen molar-refractivity contribution in [1.82, 2.24) is 0 Å². The molecule has 10 nitrogen and oxygen atoms in total. The van der Waals surface area contributed by atoms with Crippen LogP contribution < -0.4 is 24.6 Å². The standard InChI is InChI=1S/C49H56O10SSi/c1-48(2,3)61(39-19-11-7-12-20-39,40-21-13-8-14-22-40)59-45-44-42(30-32-49(58-44)31-29-38(57-49)34-54-37-27-25-36(52-4)26-28-37)56-47(46(45)55-33-35-17-9-6-10-18-35)60(50,51)43-24-16-15-23-41(43)53-5/h6-28,38,42,44-47H,29-34H2,1-5H3/t38-,42-,44-,45+,46+,47-,49-/m1/s1. The zero-order valence-electron chi connectivity index (χ0n) is 35.5. The van der Waals surface area contributed by atoms with Crippen LogP contribution in [0.3, 0.4) is 0 Å². The Labute approximate surface area is 361 Å². The van der Waals surface area contributed by atoms with Crippen LogP contribution in [-0.2, 0) is 39.8 Å². The first kappa shape index (κ1) is 43.1. The van der Waals surface area contributed by atoms with E-state index in [1.807, 2.05) is 91.0 Å². The number of sulfone groups is 1. The van der Waals surface area contributed by atoms with Gasteiger partial charge in [-0.25, -0.2) is 8.42 Å². The number of methoxy groups -OCH3 is 2. The summed E-state index contributed by atoms with van der Waals surface area (Å²) in [5, 5.41) is 1.63. The summed E-state index contributed by atoms with van der Waals surface area (Å²) in [5.74, 6) is 0.724. The molecule has 0 unspecified atom stereocenters. The fourth-order valence-corrected chi connectivity index (χ4v) is 15.7. The SMILES string of the molecule is COc1ccc(OC[C@H]2CC[C@@]3(CC[C@H]4O[C@H](S(=O)(=O)c5ccccc5OC)[C@@H](OCc5ccccc5)[C@@H](O[Si](c5ccccc5)(c5ccccc5)C(C)(C)C)[C@@H]4O3)O2)cc1. The second kappa shape index (κ2) is 18.1. The largest absolute Gasteiger partial charge is 0.497 e. The topological polar surface area (TPSA) is 108 Å². The molecule has 0 saturated carbocycles. The van der Waals surface area contributed by atoms with E-state index >= 15 is 8.42 Å². The molecule has 3 heterocycles. The van der Waals surface area contributed by atoms with Gasteiger partial charge in [-0.1, -0.05) is 124 Å². The fraction of sp³-hybridized carbons (Fsp3) is 0.388.